The van der Waals surface area contributed by atoms with Gasteiger partial charge >= 0.3 is 0 Å². The zero-order valence-electron chi connectivity index (χ0n) is 22.0. The number of nitrogens with two attached hydrogens (primary N) is 1. The van der Waals surface area contributed by atoms with Gasteiger partial charge in [-0.25, -0.2) is 0 Å². The first-order valence-electron chi connectivity index (χ1n) is 12.8. The van der Waals surface area contributed by atoms with Crippen LogP contribution in [0.4, 0.5) is 0 Å². The molecule has 0 aliphatic heterocycles. The maximum atomic E-state index is 7.50. The molecule has 0 radical (unpaired) electrons. The van der Waals surface area contributed by atoms with E-state index in [1.54, 1.807) is 12.1 Å². The highest BCUT2D eigenvalue weighted by molar-refractivity contribution is 5.94. The van der Waals surface area contributed by atoms with Crippen molar-refractivity contribution in [2.75, 3.05) is 0 Å². The zero-order valence-corrected chi connectivity index (χ0v) is 22.0. The van der Waals surface area contributed by atoms with Crippen LogP contribution in [0.2, 0.25) is 0 Å². The van der Waals surface area contributed by atoms with Crippen molar-refractivity contribution in [3.63, 3.8) is 0 Å². The first kappa shape index (κ1) is 26.0. The van der Waals surface area contributed by atoms with Crippen molar-refractivity contribution in [1.82, 2.24) is 0 Å². The fraction of sp³-hybridized carbons (Fsp3) is 0.242. The number of hydrogen-bond donors (Lipinski definition) is 2. The zero-order chi connectivity index (χ0) is 26.3. The molecule has 0 spiro atoms. The molecule has 37 heavy (non-hydrogen) atoms. The van der Waals surface area contributed by atoms with E-state index in [2.05, 4.69) is 87.5 Å². The van der Waals surface area contributed by atoms with Gasteiger partial charge in [0, 0.05) is 11.0 Å². The number of benzene rings is 4. The fourth-order valence-corrected chi connectivity index (χ4v) is 4.46. The van der Waals surface area contributed by atoms with Crippen LogP contribution in [0.25, 0.3) is 0 Å². The molecule has 4 aromatic carbocycles. The Morgan fingerprint density at radius 2 is 1.43 bits per heavy atom. The summed E-state index contributed by atoms with van der Waals surface area (Å²) in [4.78, 5) is 0. The van der Waals surface area contributed by atoms with Gasteiger partial charge in [0.05, 0.1) is 0 Å². The van der Waals surface area contributed by atoms with Gasteiger partial charge < -0.3 is 15.2 Å². The van der Waals surface area contributed by atoms with Crippen LogP contribution in [0, 0.1) is 5.41 Å². The third-order valence-corrected chi connectivity index (χ3v) is 6.75. The minimum atomic E-state index is -0.0804. The topological polar surface area (TPSA) is 68.3 Å². The van der Waals surface area contributed by atoms with Gasteiger partial charge in [0.2, 0.25) is 0 Å². The number of nitrogens with one attached hydrogen (secondary N) is 1. The minimum absolute atomic E-state index is 0.0518. The highest BCUT2D eigenvalue weighted by Gasteiger charge is 2.24. The summed E-state index contributed by atoms with van der Waals surface area (Å²) in [7, 11) is 0. The van der Waals surface area contributed by atoms with Crippen LogP contribution in [0.15, 0.2) is 97.1 Å². The number of amidine groups is 1. The van der Waals surface area contributed by atoms with E-state index < -0.39 is 0 Å². The number of nitrogen functional groups attached to an aromatic ring is 1. The quantitative estimate of drug-likeness (QED) is 0.169. The van der Waals surface area contributed by atoms with E-state index >= 15 is 0 Å². The molecule has 3 N–H and O–H groups in total. The van der Waals surface area contributed by atoms with Crippen LogP contribution in [0.1, 0.15) is 60.6 Å². The minimum Gasteiger partial charge on any atom is -0.489 e. The second-order valence-electron chi connectivity index (χ2n) is 9.90. The molecule has 0 aliphatic carbocycles. The Morgan fingerprint density at radius 3 is 2.08 bits per heavy atom. The van der Waals surface area contributed by atoms with E-state index in [0.717, 1.165) is 35.5 Å². The van der Waals surface area contributed by atoms with Crippen molar-refractivity contribution in [1.29, 1.82) is 5.41 Å². The molecule has 0 aromatic heterocycles. The Hall–Kier alpha value is -4.05. The van der Waals surface area contributed by atoms with Crippen molar-refractivity contribution in [3.8, 4) is 11.5 Å². The maximum Gasteiger partial charge on any atom is 0.123 e. The molecule has 0 fully saturated rings. The molecule has 0 heterocycles. The molecule has 4 aromatic rings. The molecule has 0 saturated heterocycles. The van der Waals surface area contributed by atoms with Gasteiger partial charge in [0.15, 0.2) is 0 Å². The Bertz CT molecular complexity index is 1330. The lowest BCUT2D eigenvalue weighted by molar-refractivity contribution is 0.298. The van der Waals surface area contributed by atoms with Gasteiger partial charge in [-0.2, -0.15) is 0 Å². The Labute approximate surface area is 220 Å². The first-order chi connectivity index (χ1) is 17.9. The van der Waals surface area contributed by atoms with Crippen LogP contribution in [-0.2, 0) is 25.0 Å². The molecule has 4 nitrogen and oxygen atoms in total. The molecule has 0 aliphatic rings. The summed E-state index contributed by atoms with van der Waals surface area (Å²) in [5.74, 6) is 1.74. The van der Waals surface area contributed by atoms with Crippen molar-refractivity contribution in [2.24, 2.45) is 5.73 Å². The van der Waals surface area contributed by atoms with Crippen LogP contribution >= 0.6 is 0 Å². The van der Waals surface area contributed by atoms with E-state index in [0.29, 0.717) is 18.8 Å². The molecule has 0 bridgehead atoms. The number of ether oxygens (including phenoxy) is 2. The molecule has 0 amide bonds. The summed E-state index contributed by atoms with van der Waals surface area (Å²) in [6, 6.07) is 32.8. The third-order valence-electron chi connectivity index (χ3n) is 6.75. The fourth-order valence-electron chi connectivity index (χ4n) is 4.46. The highest BCUT2D eigenvalue weighted by Crippen LogP contribution is 2.34. The Balaban J connectivity index is 1.43. The summed E-state index contributed by atoms with van der Waals surface area (Å²) in [5.41, 5.74) is 12.2. The molecule has 4 rings (SSSR count). The summed E-state index contributed by atoms with van der Waals surface area (Å²) in [5, 5.41) is 7.50. The van der Waals surface area contributed by atoms with Crippen molar-refractivity contribution < 1.29 is 9.47 Å². The van der Waals surface area contributed by atoms with Crippen molar-refractivity contribution in [3.05, 3.63) is 130 Å². The Morgan fingerprint density at radius 1 is 0.757 bits per heavy atom. The maximum absolute atomic E-state index is 7.50. The summed E-state index contributed by atoms with van der Waals surface area (Å²) < 4.78 is 12.3. The second kappa shape index (κ2) is 11.8. The van der Waals surface area contributed by atoms with Gasteiger partial charge in [-0.1, -0.05) is 87.9 Å². The van der Waals surface area contributed by atoms with E-state index in [4.69, 9.17) is 20.6 Å². The largest absolute Gasteiger partial charge is 0.489 e. The molecule has 0 atom stereocenters. The van der Waals surface area contributed by atoms with E-state index in [1.165, 1.54) is 16.7 Å². The summed E-state index contributed by atoms with van der Waals surface area (Å²) in [6.45, 7) is 7.71. The average molecular weight is 493 g/mol. The predicted octanol–water partition coefficient (Wildman–Crippen LogP) is 7.41. The molecule has 0 unspecified atom stereocenters. The van der Waals surface area contributed by atoms with Gasteiger partial charge in [-0.05, 0) is 70.6 Å². The predicted molar refractivity (Wildman–Crippen MR) is 152 cm³/mol. The van der Waals surface area contributed by atoms with Crippen LogP contribution < -0.4 is 15.2 Å². The molecule has 0 saturated carbocycles. The highest BCUT2D eigenvalue weighted by atomic mass is 16.5. The SMILES string of the molecule is CCCc1cc(C(C)(C)c2ccccc2)ccc1OCc1cccc(COc2ccc(C(=N)N)cc2)c1. The lowest BCUT2D eigenvalue weighted by atomic mass is 9.77. The van der Waals surface area contributed by atoms with Gasteiger partial charge in [0.1, 0.15) is 30.5 Å². The first-order valence-corrected chi connectivity index (χ1v) is 12.8. The number of hydrogen-bond acceptors (Lipinski definition) is 3. The van der Waals surface area contributed by atoms with Crippen LogP contribution in [0.3, 0.4) is 0 Å². The van der Waals surface area contributed by atoms with Gasteiger partial charge in [0.25, 0.3) is 0 Å². The second-order valence-corrected chi connectivity index (χ2v) is 9.90. The smallest absolute Gasteiger partial charge is 0.123 e. The van der Waals surface area contributed by atoms with Crippen molar-refractivity contribution in [2.45, 2.75) is 52.2 Å². The third kappa shape index (κ3) is 6.59. The molecular formula is C33H36N2O2. The Kier molecular flexibility index (Phi) is 8.29. The number of rotatable bonds is 11. The molecular weight excluding hydrogens is 456 g/mol. The normalized spacial score (nSPS) is 11.2. The van der Waals surface area contributed by atoms with E-state index in [-0.39, 0.29) is 11.3 Å². The molecule has 190 valence electrons. The van der Waals surface area contributed by atoms with Gasteiger partial charge in [-0.15, -0.1) is 0 Å². The average Bonchev–Trinajstić information content (AvgIpc) is 2.92. The lowest BCUT2D eigenvalue weighted by Crippen LogP contribution is -2.19. The van der Waals surface area contributed by atoms with Crippen LogP contribution in [0.5, 0.6) is 11.5 Å². The standard InChI is InChI=1S/C33H36N2O2/c1-4-9-27-21-29(33(2,3)28-12-6-5-7-13-28)16-19-31(27)37-23-25-11-8-10-24(20-25)22-36-30-17-14-26(15-18-30)32(34)35/h5-8,10-21H,4,9,22-23H2,1-3H3,(H3,34,35). The van der Waals surface area contributed by atoms with Crippen molar-refractivity contribution >= 4 is 5.84 Å². The number of aryl methyl sites for hydroxylation is 1. The van der Waals surface area contributed by atoms with E-state index in [1.807, 2.05) is 18.2 Å². The lowest BCUT2D eigenvalue weighted by Gasteiger charge is -2.27. The molecule has 4 heteroatoms. The van der Waals surface area contributed by atoms with Crippen LogP contribution in [-0.4, -0.2) is 5.84 Å². The van der Waals surface area contributed by atoms with E-state index in [9.17, 15) is 0 Å². The summed E-state index contributed by atoms with van der Waals surface area (Å²) >= 11 is 0. The monoisotopic (exact) mass is 492 g/mol. The van der Waals surface area contributed by atoms with Gasteiger partial charge in [-0.3, -0.25) is 5.41 Å². The summed E-state index contributed by atoms with van der Waals surface area (Å²) in [6.07, 6.45) is 2.04.